The fourth-order valence-electron chi connectivity index (χ4n) is 1.30. The molecule has 0 unspecified atom stereocenters. The fraction of sp³-hybridized carbons (Fsp3) is 0.455. The molecule has 0 aliphatic rings. The second kappa shape index (κ2) is 5.23. The van der Waals surface area contributed by atoms with Crippen molar-refractivity contribution in [2.24, 2.45) is 5.14 Å². The fourth-order valence-corrected chi connectivity index (χ4v) is 2.18. The third-order valence-electron chi connectivity index (χ3n) is 3.06. The first-order chi connectivity index (χ1) is 8.84. The third kappa shape index (κ3) is 3.84. The van der Waals surface area contributed by atoms with Crippen LogP contribution >= 0.6 is 0 Å². The van der Waals surface area contributed by atoms with Crippen LogP contribution in [0.15, 0.2) is 23.1 Å². The monoisotopic (exact) mass is 321 g/mol. The summed E-state index contributed by atoms with van der Waals surface area (Å²) in [6, 6.07) is 3.97. The van der Waals surface area contributed by atoms with Crippen LogP contribution in [0, 0.1) is 0 Å². The second-order valence-corrected chi connectivity index (χ2v) is 9.39. The molecule has 5 N–H and O–H groups in total. The number of sulfone groups is 1. The Morgan fingerprint density at radius 3 is 2.20 bits per heavy atom. The molecule has 114 valence electrons. The minimum atomic E-state index is -3.84. The highest BCUT2D eigenvalue weighted by molar-refractivity contribution is 7.92. The van der Waals surface area contributed by atoms with Gasteiger partial charge < -0.3 is 11.1 Å². The highest BCUT2D eigenvalue weighted by Crippen LogP contribution is 2.24. The van der Waals surface area contributed by atoms with E-state index in [9.17, 15) is 16.8 Å². The number of nitrogens with one attached hydrogen (secondary N) is 1. The number of nitrogens with two attached hydrogens (primary N) is 2. The Hall–Kier alpha value is -1.32. The maximum Gasteiger partial charge on any atom is 0.238 e. The molecule has 0 bridgehead atoms. The molecule has 0 atom stereocenters. The number of nitrogen functional groups attached to an aromatic ring is 1. The lowest BCUT2D eigenvalue weighted by atomic mass is 10.2. The Balaban J connectivity index is 3.06. The summed E-state index contributed by atoms with van der Waals surface area (Å²) in [5, 5.41) is 7.88. The molecule has 0 aromatic heterocycles. The van der Waals surface area contributed by atoms with Crippen molar-refractivity contribution in [1.29, 1.82) is 0 Å². The summed E-state index contributed by atoms with van der Waals surface area (Å²) in [6.07, 6.45) is 1.14. The van der Waals surface area contributed by atoms with Crippen LogP contribution in [0.1, 0.15) is 13.8 Å². The Kier molecular flexibility index (Phi) is 4.37. The number of hydrogen-bond donors (Lipinski definition) is 3. The molecule has 0 aliphatic heterocycles. The van der Waals surface area contributed by atoms with Gasteiger partial charge >= 0.3 is 0 Å². The van der Waals surface area contributed by atoms with E-state index in [1.807, 2.05) is 0 Å². The van der Waals surface area contributed by atoms with Gasteiger partial charge in [0.2, 0.25) is 10.0 Å². The Bertz CT molecular complexity index is 709. The van der Waals surface area contributed by atoms with E-state index in [2.05, 4.69) is 5.32 Å². The Labute approximate surface area is 119 Å². The number of primary sulfonamides is 1. The largest absolute Gasteiger partial charge is 0.397 e. The average Bonchev–Trinajstić information content (AvgIpc) is 2.24. The van der Waals surface area contributed by atoms with Crippen molar-refractivity contribution in [3.63, 3.8) is 0 Å². The Morgan fingerprint density at radius 1 is 1.20 bits per heavy atom. The predicted molar refractivity (Wildman–Crippen MR) is 79.6 cm³/mol. The molecule has 0 aliphatic carbocycles. The highest BCUT2D eigenvalue weighted by Gasteiger charge is 2.30. The molecular weight excluding hydrogens is 302 g/mol. The van der Waals surface area contributed by atoms with Gasteiger partial charge in [0.15, 0.2) is 9.84 Å². The van der Waals surface area contributed by atoms with E-state index in [1.165, 1.54) is 18.2 Å². The molecule has 20 heavy (non-hydrogen) atoms. The number of sulfonamides is 1. The van der Waals surface area contributed by atoms with Gasteiger partial charge in [-0.15, -0.1) is 0 Å². The standard InChI is InChI=1S/C11H19N3O4S2/c1-11(2,19(3,15)16)7-14-10-6-8(20(13,17)18)4-5-9(10)12/h4-6,14H,7,12H2,1-3H3,(H2,13,17,18). The topological polar surface area (TPSA) is 132 Å². The maximum absolute atomic E-state index is 11.6. The van der Waals surface area contributed by atoms with Crippen LogP contribution in [0.2, 0.25) is 0 Å². The van der Waals surface area contributed by atoms with Gasteiger partial charge in [-0.3, -0.25) is 0 Å². The first-order valence-electron chi connectivity index (χ1n) is 5.70. The van der Waals surface area contributed by atoms with E-state index in [-0.39, 0.29) is 11.4 Å². The van der Waals surface area contributed by atoms with Crippen molar-refractivity contribution in [3.8, 4) is 0 Å². The molecule has 7 nitrogen and oxygen atoms in total. The quantitative estimate of drug-likeness (QED) is 0.661. The van der Waals surface area contributed by atoms with Crippen molar-refractivity contribution in [2.75, 3.05) is 23.9 Å². The van der Waals surface area contributed by atoms with Crippen LogP contribution in [0.3, 0.4) is 0 Å². The van der Waals surface area contributed by atoms with E-state index >= 15 is 0 Å². The number of anilines is 2. The van der Waals surface area contributed by atoms with Crippen LogP contribution < -0.4 is 16.2 Å². The van der Waals surface area contributed by atoms with Crippen molar-refractivity contribution in [1.82, 2.24) is 0 Å². The molecular formula is C11H19N3O4S2. The molecule has 1 aromatic carbocycles. The van der Waals surface area contributed by atoms with Gasteiger partial charge in [-0.1, -0.05) is 0 Å². The van der Waals surface area contributed by atoms with E-state index in [0.29, 0.717) is 11.4 Å². The molecule has 0 spiro atoms. The van der Waals surface area contributed by atoms with Crippen molar-refractivity contribution < 1.29 is 16.8 Å². The summed E-state index contributed by atoms with van der Waals surface area (Å²) in [6.45, 7) is 3.22. The zero-order valence-corrected chi connectivity index (χ0v) is 13.2. The maximum atomic E-state index is 11.6. The molecule has 1 aromatic rings. The van der Waals surface area contributed by atoms with Gasteiger partial charge in [-0.2, -0.15) is 0 Å². The van der Waals surface area contributed by atoms with Crippen LogP contribution in [0.5, 0.6) is 0 Å². The average molecular weight is 321 g/mol. The summed E-state index contributed by atoms with van der Waals surface area (Å²) < 4.78 is 44.7. The van der Waals surface area contributed by atoms with Gasteiger partial charge in [0, 0.05) is 12.8 Å². The van der Waals surface area contributed by atoms with Gasteiger partial charge in [-0.05, 0) is 32.0 Å². The molecule has 0 fully saturated rings. The lowest BCUT2D eigenvalue weighted by Crippen LogP contribution is -2.38. The number of benzene rings is 1. The van der Waals surface area contributed by atoms with Crippen molar-refractivity contribution >= 4 is 31.2 Å². The summed E-state index contributed by atoms with van der Waals surface area (Å²) >= 11 is 0. The van der Waals surface area contributed by atoms with Crippen LogP contribution in [-0.4, -0.2) is 34.4 Å². The van der Waals surface area contributed by atoms with Crippen LogP contribution in [-0.2, 0) is 19.9 Å². The lowest BCUT2D eigenvalue weighted by Gasteiger charge is -2.24. The van der Waals surface area contributed by atoms with Crippen LogP contribution in [0.25, 0.3) is 0 Å². The summed E-state index contributed by atoms with van der Waals surface area (Å²) in [7, 11) is -7.11. The predicted octanol–water partition coefficient (Wildman–Crippen LogP) is 0.151. The van der Waals surface area contributed by atoms with Gasteiger partial charge in [0.25, 0.3) is 0 Å². The van der Waals surface area contributed by atoms with Crippen molar-refractivity contribution in [3.05, 3.63) is 18.2 Å². The van der Waals surface area contributed by atoms with Crippen molar-refractivity contribution in [2.45, 2.75) is 23.5 Å². The molecule has 0 amide bonds. The molecule has 0 heterocycles. The molecule has 1 rings (SSSR count). The van der Waals surface area contributed by atoms with Gasteiger partial charge in [-0.25, -0.2) is 22.0 Å². The number of rotatable bonds is 5. The zero-order valence-electron chi connectivity index (χ0n) is 11.5. The molecule has 0 saturated heterocycles. The number of hydrogen-bond acceptors (Lipinski definition) is 6. The van der Waals surface area contributed by atoms with Gasteiger partial charge in [0.05, 0.1) is 21.0 Å². The van der Waals surface area contributed by atoms with E-state index in [4.69, 9.17) is 10.9 Å². The van der Waals surface area contributed by atoms with E-state index < -0.39 is 24.6 Å². The second-order valence-electron chi connectivity index (χ2n) is 5.18. The molecule has 0 saturated carbocycles. The minimum Gasteiger partial charge on any atom is -0.397 e. The summed E-state index contributed by atoms with van der Waals surface area (Å²) in [5.74, 6) is 0. The zero-order chi connectivity index (χ0) is 15.8. The van der Waals surface area contributed by atoms with Gasteiger partial charge in [0.1, 0.15) is 0 Å². The molecule has 0 radical (unpaired) electrons. The highest BCUT2D eigenvalue weighted by atomic mass is 32.2. The molecule has 9 heteroatoms. The minimum absolute atomic E-state index is 0.0874. The Morgan fingerprint density at radius 2 is 1.75 bits per heavy atom. The van der Waals surface area contributed by atoms with Crippen LogP contribution in [0.4, 0.5) is 11.4 Å². The first-order valence-corrected chi connectivity index (χ1v) is 9.14. The SMILES string of the molecule is CC(C)(CNc1cc(S(N)(=O)=O)ccc1N)S(C)(=O)=O. The van der Waals surface area contributed by atoms with E-state index in [1.54, 1.807) is 13.8 Å². The summed E-state index contributed by atoms with van der Waals surface area (Å²) in [5.41, 5.74) is 6.36. The third-order valence-corrected chi connectivity index (χ3v) is 6.12. The smallest absolute Gasteiger partial charge is 0.238 e. The summed E-state index contributed by atoms with van der Waals surface area (Å²) in [4.78, 5) is -0.0913. The first kappa shape index (κ1) is 16.7. The normalized spacial score (nSPS) is 13.2. The van der Waals surface area contributed by atoms with E-state index in [0.717, 1.165) is 6.26 Å². The lowest BCUT2D eigenvalue weighted by molar-refractivity contribution is 0.560.